The first kappa shape index (κ1) is 22.6. The SMILES string of the molecule is O=C(NCc1ccc(F)cc1)c1ccc(N2CC3(C2)CN(S(=O)(=O)c2cccnc2Cl)C3)nn1. The minimum absolute atomic E-state index is 0.0156. The Morgan fingerprint density at radius 3 is 2.44 bits per heavy atom. The Hall–Kier alpha value is -3.15. The molecule has 1 amide bonds. The van der Waals surface area contributed by atoms with Crippen LogP contribution in [-0.4, -0.2) is 60.0 Å². The highest BCUT2D eigenvalue weighted by molar-refractivity contribution is 7.89. The average molecular weight is 503 g/mol. The van der Waals surface area contributed by atoms with Crippen molar-refractivity contribution in [3.8, 4) is 0 Å². The third kappa shape index (κ3) is 4.22. The van der Waals surface area contributed by atoms with Gasteiger partial charge in [0.15, 0.2) is 11.5 Å². The van der Waals surface area contributed by atoms with Crippen molar-refractivity contribution in [1.82, 2.24) is 24.8 Å². The van der Waals surface area contributed by atoms with Crippen molar-refractivity contribution < 1.29 is 17.6 Å². The van der Waals surface area contributed by atoms with Crippen LogP contribution in [0.3, 0.4) is 0 Å². The van der Waals surface area contributed by atoms with Gasteiger partial charge >= 0.3 is 0 Å². The monoisotopic (exact) mass is 502 g/mol. The van der Waals surface area contributed by atoms with Gasteiger partial charge in [-0.2, -0.15) is 4.31 Å². The number of anilines is 1. The van der Waals surface area contributed by atoms with Crippen LogP contribution in [0.5, 0.6) is 0 Å². The average Bonchev–Trinajstić information content (AvgIpc) is 2.77. The molecule has 2 aliphatic heterocycles. The minimum atomic E-state index is -3.68. The Labute approximate surface area is 200 Å². The summed E-state index contributed by atoms with van der Waals surface area (Å²) in [5.74, 6) is -0.0897. The summed E-state index contributed by atoms with van der Waals surface area (Å²) in [6.07, 6.45) is 1.45. The number of hydrogen-bond donors (Lipinski definition) is 1. The predicted molar refractivity (Wildman–Crippen MR) is 122 cm³/mol. The molecule has 34 heavy (non-hydrogen) atoms. The van der Waals surface area contributed by atoms with Crippen LogP contribution in [-0.2, 0) is 16.6 Å². The van der Waals surface area contributed by atoms with Gasteiger partial charge in [0.1, 0.15) is 15.9 Å². The Balaban J connectivity index is 1.14. The van der Waals surface area contributed by atoms with Gasteiger partial charge in [-0.15, -0.1) is 10.2 Å². The van der Waals surface area contributed by atoms with Crippen LogP contribution >= 0.6 is 11.6 Å². The summed E-state index contributed by atoms with van der Waals surface area (Å²) in [6, 6.07) is 12.2. The molecule has 0 bridgehead atoms. The highest BCUT2D eigenvalue weighted by Gasteiger charge is 2.55. The number of carbonyl (C=O) groups is 1. The molecule has 1 spiro atoms. The second-order valence-corrected chi connectivity index (χ2v) is 10.8. The highest BCUT2D eigenvalue weighted by atomic mass is 35.5. The van der Waals surface area contributed by atoms with E-state index in [0.29, 0.717) is 32.0 Å². The summed E-state index contributed by atoms with van der Waals surface area (Å²) >= 11 is 5.97. The number of benzene rings is 1. The molecule has 2 fully saturated rings. The zero-order valence-electron chi connectivity index (χ0n) is 17.9. The summed E-state index contributed by atoms with van der Waals surface area (Å²) in [5, 5.41) is 10.9. The fourth-order valence-corrected chi connectivity index (χ4v) is 6.28. The fraction of sp³-hybridized carbons (Fsp3) is 0.273. The number of pyridine rings is 1. The Morgan fingerprint density at radius 1 is 1.06 bits per heavy atom. The molecule has 4 heterocycles. The van der Waals surface area contributed by atoms with Crippen LogP contribution < -0.4 is 10.2 Å². The van der Waals surface area contributed by atoms with Gasteiger partial charge in [-0.1, -0.05) is 23.7 Å². The van der Waals surface area contributed by atoms with Crippen molar-refractivity contribution in [2.24, 2.45) is 5.41 Å². The van der Waals surface area contributed by atoms with Crippen molar-refractivity contribution in [2.75, 3.05) is 31.1 Å². The molecule has 3 aromatic rings. The van der Waals surface area contributed by atoms with Gasteiger partial charge in [0.2, 0.25) is 10.0 Å². The molecular formula is C22H20ClFN6O3S. The van der Waals surface area contributed by atoms with Gasteiger partial charge in [0.05, 0.1) is 0 Å². The van der Waals surface area contributed by atoms with Crippen LogP contribution in [0.4, 0.5) is 10.2 Å². The standard InChI is InChI=1S/C22H20ClFN6O3S/c23-20-18(2-1-9-25-20)34(32,33)30-13-22(14-30)11-29(12-22)19-8-7-17(27-28-19)21(31)26-10-15-3-5-16(24)6-4-15/h1-9H,10-14H2,(H,26,31). The third-order valence-corrected chi connectivity index (χ3v) is 8.23. The maximum absolute atomic E-state index is 13.0. The number of nitrogens with zero attached hydrogens (tertiary/aromatic N) is 5. The van der Waals surface area contributed by atoms with E-state index in [9.17, 15) is 17.6 Å². The maximum Gasteiger partial charge on any atom is 0.272 e. The summed E-state index contributed by atoms with van der Waals surface area (Å²) in [7, 11) is -3.68. The van der Waals surface area contributed by atoms with E-state index >= 15 is 0 Å². The lowest BCUT2D eigenvalue weighted by Gasteiger charge is -2.59. The Morgan fingerprint density at radius 2 is 1.79 bits per heavy atom. The number of carbonyl (C=O) groups excluding carboxylic acids is 1. The molecule has 5 rings (SSSR count). The fourth-order valence-electron chi connectivity index (χ4n) is 4.19. The zero-order chi connectivity index (χ0) is 23.9. The number of rotatable bonds is 6. The lowest BCUT2D eigenvalue weighted by molar-refractivity contribution is 0.0388. The molecule has 0 unspecified atom stereocenters. The number of nitrogens with one attached hydrogen (secondary N) is 1. The van der Waals surface area contributed by atoms with Gasteiger partial charge in [-0.05, 0) is 42.0 Å². The lowest BCUT2D eigenvalue weighted by atomic mass is 9.74. The topological polar surface area (TPSA) is 108 Å². The molecular weight excluding hydrogens is 483 g/mol. The molecule has 1 aromatic carbocycles. The van der Waals surface area contributed by atoms with Crippen molar-refractivity contribution in [2.45, 2.75) is 11.4 Å². The van der Waals surface area contributed by atoms with E-state index < -0.39 is 10.0 Å². The largest absolute Gasteiger partial charge is 0.354 e. The summed E-state index contributed by atoms with van der Waals surface area (Å²) < 4.78 is 40.0. The van der Waals surface area contributed by atoms with Crippen LogP contribution in [0.2, 0.25) is 5.15 Å². The van der Waals surface area contributed by atoms with Crippen molar-refractivity contribution >= 4 is 33.3 Å². The molecule has 0 aliphatic carbocycles. The number of sulfonamides is 1. The van der Waals surface area contributed by atoms with E-state index in [1.54, 1.807) is 30.3 Å². The van der Waals surface area contributed by atoms with Crippen LogP contribution in [0.25, 0.3) is 0 Å². The predicted octanol–water partition coefficient (Wildman–Crippen LogP) is 2.10. The Bertz CT molecular complexity index is 1320. The summed E-state index contributed by atoms with van der Waals surface area (Å²) in [6.45, 7) is 2.33. The van der Waals surface area contributed by atoms with E-state index in [-0.39, 0.29) is 39.4 Å². The highest BCUT2D eigenvalue weighted by Crippen LogP contribution is 2.43. The van der Waals surface area contributed by atoms with Crippen LogP contribution in [0, 0.1) is 11.2 Å². The van der Waals surface area contributed by atoms with Gasteiger partial charge in [0, 0.05) is 44.3 Å². The van der Waals surface area contributed by atoms with Gasteiger partial charge in [-0.25, -0.2) is 17.8 Å². The molecule has 2 saturated heterocycles. The van der Waals surface area contributed by atoms with Gasteiger partial charge in [0.25, 0.3) is 5.91 Å². The van der Waals surface area contributed by atoms with E-state index in [4.69, 9.17) is 11.6 Å². The van der Waals surface area contributed by atoms with Crippen molar-refractivity contribution in [1.29, 1.82) is 0 Å². The Kier molecular flexibility index (Phi) is 5.70. The number of amides is 1. The van der Waals surface area contributed by atoms with Crippen molar-refractivity contribution in [3.63, 3.8) is 0 Å². The molecule has 1 N–H and O–H groups in total. The lowest BCUT2D eigenvalue weighted by Crippen LogP contribution is -2.73. The molecule has 0 radical (unpaired) electrons. The molecule has 2 aliphatic rings. The van der Waals surface area contributed by atoms with E-state index in [0.717, 1.165) is 5.56 Å². The minimum Gasteiger partial charge on any atom is -0.354 e. The first-order valence-electron chi connectivity index (χ1n) is 10.5. The van der Waals surface area contributed by atoms with Gasteiger partial charge < -0.3 is 10.2 Å². The molecule has 0 atom stereocenters. The van der Waals surface area contributed by atoms with Crippen LogP contribution in [0.1, 0.15) is 16.1 Å². The second-order valence-electron chi connectivity index (χ2n) is 8.51. The first-order valence-corrected chi connectivity index (χ1v) is 12.3. The van der Waals surface area contributed by atoms with Gasteiger partial charge in [-0.3, -0.25) is 4.79 Å². The second kappa shape index (κ2) is 8.57. The van der Waals surface area contributed by atoms with Crippen molar-refractivity contribution in [3.05, 3.63) is 77.0 Å². The molecule has 0 saturated carbocycles. The molecule has 12 heteroatoms. The summed E-state index contributed by atoms with van der Waals surface area (Å²) in [4.78, 5) is 18.2. The summed E-state index contributed by atoms with van der Waals surface area (Å²) in [5.41, 5.74) is 0.817. The third-order valence-electron chi connectivity index (χ3n) is 5.99. The molecule has 9 nitrogen and oxygen atoms in total. The molecule has 176 valence electrons. The first-order chi connectivity index (χ1) is 16.3. The quantitative estimate of drug-likeness (QED) is 0.514. The number of hydrogen-bond acceptors (Lipinski definition) is 7. The molecule has 2 aromatic heterocycles. The van der Waals surface area contributed by atoms with E-state index in [2.05, 4.69) is 20.5 Å². The normalized spacial score (nSPS) is 17.2. The number of aromatic nitrogens is 3. The van der Waals surface area contributed by atoms with E-state index in [1.807, 2.05) is 4.90 Å². The van der Waals surface area contributed by atoms with Crippen LogP contribution in [0.15, 0.2) is 59.6 Å². The smallest absolute Gasteiger partial charge is 0.272 e. The zero-order valence-corrected chi connectivity index (χ0v) is 19.4. The maximum atomic E-state index is 13.0. The van der Waals surface area contributed by atoms with E-state index in [1.165, 1.54) is 28.7 Å². The number of halogens is 2.